The van der Waals surface area contributed by atoms with Gasteiger partial charge >= 0.3 is 6.09 Å². The van der Waals surface area contributed by atoms with Crippen LogP contribution in [0.3, 0.4) is 0 Å². The predicted octanol–water partition coefficient (Wildman–Crippen LogP) is 5.29. The van der Waals surface area contributed by atoms with Gasteiger partial charge in [0, 0.05) is 22.4 Å². The normalized spacial score (nSPS) is 28.2. The number of carbonyl (C=O) groups is 4. The summed E-state index contributed by atoms with van der Waals surface area (Å²) in [4.78, 5) is 62.1. The molecule has 2 aliphatic carbocycles. The number of carbonyl (C=O) groups excluding carboxylic acids is 4. The Kier molecular flexibility index (Phi) is 10.9. The van der Waals surface area contributed by atoms with Crippen LogP contribution < -0.4 is 20.1 Å². The summed E-state index contributed by atoms with van der Waals surface area (Å²) in [5, 5.41) is 7.09. The summed E-state index contributed by atoms with van der Waals surface area (Å²) in [6.45, 7) is 3.50. The first-order valence-electron chi connectivity index (χ1n) is 19.3. The highest BCUT2D eigenvalue weighted by atomic mass is 35.5. The van der Waals surface area contributed by atoms with Crippen molar-refractivity contribution in [2.45, 2.75) is 145 Å². The van der Waals surface area contributed by atoms with E-state index in [4.69, 9.17) is 26.1 Å². The molecule has 2 saturated carbocycles. The predicted molar refractivity (Wildman–Crippen MR) is 202 cm³/mol. The number of ether oxygens (including phenoxy) is 2. The average Bonchev–Trinajstić information content (AvgIpc) is 3.51. The average molecular weight is 784 g/mol. The number of aryl methyl sites for hydroxylation is 2. The lowest BCUT2D eigenvalue weighted by atomic mass is 9.87. The Morgan fingerprint density at radius 2 is 1.81 bits per heavy atom. The number of aromatic nitrogens is 1. The van der Waals surface area contributed by atoms with Gasteiger partial charge in [-0.05, 0) is 109 Å². The van der Waals surface area contributed by atoms with Gasteiger partial charge in [0.05, 0.1) is 22.5 Å². The molecule has 2 aromatic rings. The van der Waals surface area contributed by atoms with Gasteiger partial charge in [0.25, 0.3) is 5.91 Å². The molecule has 3 aliphatic heterocycles. The first-order valence-corrected chi connectivity index (χ1v) is 21.2. The van der Waals surface area contributed by atoms with E-state index in [-0.39, 0.29) is 25.5 Å². The Bertz CT molecular complexity index is 1960. The van der Waals surface area contributed by atoms with Crippen LogP contribution >= 0.6 is 11.6 Å². The summed E-state index contributed by atoms with van der Waals surface area (Å²) in [6.07, 6.45) is 11.7. The Morgan fingerprint density at radius 3 is 2.57 bits per heavy atom. The molecule has 1 saturated heterocycles. The molecule has 1 aromatic heterocycles. The number of allylic oxidation sites excluding steroid dienone is 1. The Morgan fingerprint density at radius 1 is 1.06 bits per heavy atom. The summed E-state index contributed by atoms with van der Waals surface area (Å²) < 4.78 is 39.8. The van der Waals surface area contributed by atoms with Crippen LogP contribution in [0.2, 0.25) is 5.02 Å². The van der Waals surface area contributed by atoms with Crippen molar-refractivity contribution in [3.05, 3.63) is 46.6 Å². The van der Waals surface area contributed by atoms with E-state index < -0.39 is 62.3 Å². The Labute approximate surface area is 321 Å². The second kappa shape index (κ2) is 15.3. The fraction of sp³-hybridized carbons (Fsp3) is 0.615. The molecule has 4 amide bonds. The number of hydrogen-bond donors (Lipinski definition) is 3. The number of alkyl carbamates (subject to hydrolysis) is 1. The van der Waals surface area contributed by atoms with Crippen molar-refractivity contribution in [2.75, 3.05) is 6.54 Å². The molecule has 7 rings (SSSR count). The fourth-order valence-electron chi connectivity index (χ4n) is 8.29. The summed E-state index contributed by atoms with van der Waals surface area (Å²) in [6, 6.07) is 2.27. The quantitative estimate of drug-likeness (QED) is 0.341. The first-order chi connectivity index (χ1) is 25.8. The van der Waals surface area contributed by atoms with Crippen molar-refractivity contribution in [3.63, 3.8) is 0 Å². The number of hydrogen-bond acceptors (Lipinski definition) is 9. The number of halogens is 1. The standard InChI is InChI=1S/C39H50ClN5O8S/c1-24-33-27(28-21-25(40)15-16-29(28)41-24)17-18-39(53-33)22-32-35(47)42-30(34(46)44-54(50,51)38(2)19-20-38)13-7-5-3-4-6-8-14-31(36(48)45(32)23-39)43-37(49)52-26-11-9-10-12-26/h5,7,15-16,21,26,30-32H,3-4,6,8-14,17-20,22-23H2,1-2H3,(H,42,47)(H,43,49)(H,44,46)/b7-5-/t30?,31-,32-,39+/m0/s1. The first kappa shape index (κ1) is 38.4. The van der Waals surface area contributed by atoms with Crippen LogP contribution in [0.4, 0.5) is 4.79 Å². The minimum atomic E-state index is -3.97. The molecule has 292 valence electrons. The van der Waals surface area contributed by atoms with Crippen LogP contribution in [0, 0.1) is 6.92 Å². The van der Waals surface area contributed by atoms with Crippen molar-refractivity contribution in [2.24, 2.45) is 0 Å². The number of pyridine rings is 1. The van der Waals surface area contributed by atoms with Crippen molar-refractivity contribution in [1.82, 2.24) is 25.2 Å². The zero-order chi connectivity index (χ0) is 38.3. The Balaban J connectivity index is 1.20. The lowest BCUT2D eigenvalue weighted by molar-refractivity contribution is -0.141. The largest absolute Gasteiger partial charge is 0.483 e. The summed E-state index contributed by atoms with van der Waals surface area (Å²) in [5.41, 5.74) is 1.43. The molecular formula is C39H50ClN5O8S. The van der Waals surface area contributed by atoms with Gasteiger partial charge in [-0.1, -0.05) is 36.6 Å². The maximum atomic E-state index is 14.7. The minimum absolute atomic E-state index is 0.0513. The van der Waals surface area contributed by atoms with Crippen LogP contribution in [0.5, 0.6) is 5.75 Å². The molecular weight excluding hydrogens is 734 g/mol. The highest BCUT2D eigenvalue weighted by molar-refractivity contribution is 7.91. The van der Waals surface area contributed by atoms with Gasteiger partial charge < -0.3 is 25.0 Å². The van der Waals surface area contributed by atoms with E-state index in [1.165, 1.54) is 4.90 Å². The van der Waals surface area contributed by atoms with Crippen molar-refractivity contribution in [3.8, 4) is 5.75 Å². The number of sulfonamides is 1. The molecule has 5 aliphatic rings. The van der Waals surface area contributed by atoms with Gasteiger partial charge in [-0.25, -0.2) is 18.2 Å². The summed E-state index contributed by atoms with van der Waals surface area (Å²) >= 11 is 6.38. The third-order valence-electron chi connectivity index (χ3n) is 11.8. The van der Waals surface area contributed by atoms with E-state index in [2.05, 4.69) is 15.4 Å². The molecule has 1 unspecified atom stereocenters. The van der Waals surface area contributed by atoms with E-state index in [1.807, 2.05) is 25.1 Å². The zero-order valence-electron chi connectivity index (χ0n) is 31.0. The van der Waals surface area contributed by atoms with E-state index >= 15 is 0 Å². The molecule has 3 N–H and O–H groups in total. The van der Waals surface area contributed by atoms with E-state index in [9.17, 15) is 27.6 Å². The van der Waals surface area contributed by atoms with Gasteiger partial charge in [0.15, 0.2) is 0 Å². The van der Waals surface area contributed by atoms with Crippen LogP contribution in [0.1, 0.15) is 108 Å². The van der Waals surface area contributed by atoms with E-state index in [1.54, 1.807) is 19.1 Å². The van der Waals surface area contributed by atoms with E-state index in [0.29, 0.717) is 61.4 Å². The lowest BCUT2D eigenvalue weighted by Crippen LogP contribution is -2.57. The summed E-state index contributed by atoms with van der Waals surface area (Å²) in [5.74, 6) is -1.30. The van der Waals surface area contributed by atoms with Crippen LogP contribution in [-0.2, 0) is 35.6 Å². The van der Waals surface area contributed by atoms with Crippen LogP contribution in [0.25, 0.3) is 10.9 Å². The summed E-state index contributed by atoms with van der Waals surface area (Å²) in [7, 11) is -3.97. The third kappa shape index (κ3) is 8.05. The maximum Gasteiger partial charge on any atom is 0.408 e. The molecule has 4 heterocycles. The smallest absolute Gasteiger partial charge is 0.408 e. The molecule has 4 atom stereocenters. The van der Waals surface area contributed by atoms with Crippen LogP contribution in [-0.4, -0.2) is 83.2 Å². The highest BCUT2D eigenvalue weighted by Gasteiger charge is 2.54. The highest BCUT2D eigenvalue weighted by Crippen LogP contribution is 2.45. The number of fused-ring (bicyclic) bond motifs is 4. The molecule has 54 heavy (non-hydrogen) atoms. The second-order valence-electron chi connectivity index (χ2n) is 16.0. The molecule has 0 radical (unpaired) electrons. The topological polar surface area (TPSA) is 173 Å². The van der Waals surface area contributed by atoms with Crippen molar-refractivity contribution >= 4 is 56.3 Å². The number of benzene rings is 1. The number of amides is 4. The number of rotatable bonds is 5. The maximum absolute atomic E-state index is 14.7. The minimum Gasteiger partial charge on any atom is -0.483 e. The van der Waals surface area contributed by atoms with E-state index in [0.717, 1.165) is 55.0 Å². The molecule has 13 nitrogen and oxygen atoms in total. The monoisotopic (exact) mass is 783 g/mol. The second-order valence-corrected chi connectivity index (χ2v) is 18.6. The van der Waals surface area contributed by atoms with Crippen LogP contribution in [0.15, 0.2) is 30.4 Å². The van der Waals surface area contributed by atoms with Gasteiger partial charge in [-0.3, -0.25) is 19.1 Å². The molecule has 1 spiro atoms. The number of nitrogens with one attached hydrogen (secondary N) is 3. The third-order valence-corrected chi connectivity index (χ3v) is 14.3. The molecule has 3 fully saturated rings. The fourth-order valence-corrected chi connectivity index (χ4v) is 9.76. The molecule has 15 heteroatoms. The van der Waals surface area contributed by atoms with Gasteiger partial charge in [-0.15, -0.1) is 0 Å². The number of nitrogens with zero attached hydrogens (tertiary/aromatic N) is 2. The van der Waals surface area contributed by atoms with Crippen molar-refractivity contribution in [1.29, 1.82) is 0 Å². The Hall–Kier alpha value is -3.91. The van der Waals surface area contributed by atoms with Gasteiger partial charge in [0.1, 0.15) is 35.6 Å². The van der Waals surface area contributed by atoms with Crippen molar-refractivity contribution < 1.29 is 37.1 Å². The van der Waals surface area contributed by atoms with Gasteiger partial charge in [-0.2, -0.15) is 0 Å². The zero-order valence-corrected chi connectivity index (χ0v) is 32.5. The molecule has 1 aromatic carbocycles. The van der Waals surface area contributed by atoms with Gasteiger partial charge in [0.2, 0.25) is 21.8 Å². The lowest BCUT2D eigenvalue weighted by Gasteiger charge is -2.36. The SMILES string of the molecule is Cc1nc2ccc(Cl)cc2c2c1O[C@]1(CC2)C[C@H]2C(=O)NC(C(=O)NS(=O)(=O)C3(C)CC3)C/C=C\CCCCC[C@H](NC(=O)OC3CCCC3)C(=O)N2C1. The molecule has 0 bridgehead atoms.